The first-order valence-electron chi connectivity index (χ1n) is 7.15. The van der Waals surface area contributed by atoms with Gasteiger partial charge >= 0.3 is 5.97 Å². The van der Waals surface area contributed by atoms with Crippen LogP contribution >= 0.6 is 11.5 Å². The summed E-state index contributed by atoms with van der Waals surface area (Å²) >= 11 is 0.810. The van der Waals surface area contributed by atoms with E-state index in [1.807, 2.05) is 0 Å². The van der Waals surface area contributed by atoms with Crippen LogP contribution in [0.4, 0.5) is 5.13 Å². The molecule has 0 aliphatic carbocycles. The van der Waals surface area contributed by atoms with Crippen LogP contribution in [-0.2, 0) is 24.1 Å². The summed E-state index contributed by atoms with van der Waals surface area (Å²) in [6.45, 7) is 5.72. The number of carbonyl (C=O) groups excluding carboxylic acids is 2. The van der Waals surface area contributed by atoms with Crippen LogP contribution in [0.25, 0.3) is 0 Å². The number of carboxylic acid groups (broad SMARTS) is 1. The molecular formula is C13H19N5O6S. The zero-order chi connectivity index (χ0) is 18.9. The Kier molecular flexibility index (Phi) is 7.88. The Balaban J connectivity index is 2.54. The zero-order valence-electron chi connectivity index (χ0n) is 14.0. The van der Waals surface area contributed by atoms with Crippen molar-refractivity contribution in [2.75, 3.05) is 18.5 Å². The lowest BCUT2D eigenvalue weighted by atomic mass is 10.2. The molecule has 1 aromatic rings. The molecule has 2 N–H and O–H groups in total. The molecule has 0 saturated carbocycles. The molecule has 138 valence electrons. The summed E-state index contributed by atoms with van der Waals surface area (Å²) in [5.41, 5.74) is -1.01. The van der Waals surface area contributed by atoms with E-state index in [9.17, 15) is 14.4 Å². The van der Waals surface area contributed by atoms with E-state index in [4.69, 9.17) is 14.8 Å². The lowest BCUT2D eigenvalue weighted by Gasteiger charge is -2.26. The molecule has 0 bridgehead atoms. The van der Waals surface area contributed by atoms with Gasteiger partial charge in [-0.15, -0.1) is 0 Å². The van der Waals surface area contributed by atoms with Crippen LogP contribution in [0.3, 0.4) is 0 Å². The molecule has 0 atom stereocenters. The summed E-state index contributed by atoms with van der Waals surface area (Å²) in [5.74, 6) is -1.55. The van der Waals surface area contributed by atoms with Crippen LogP contribution in [0.15, 0.2) is 5.16 Å². The van der Waals surface area contributed by atoms with Gasteiger partial charge in [0.1, 0.15) is 6.61 Å². The third kappa shape index (κ3) is 7.67. The van der Waals surface area contributed by atoms with Gasteiger partial charge in [0.25, 0.3) is 0 Å². The topological polar surface area (TPSA) is 143 Å². The van der Waals surface area contributed by atoms with E-state index in [1.165, 1.54) is 0 Å². The van der Waals surface area contributed by atoms with Crippen molar-refractivity contribution in [3.63, 3.8) is 0 Å². The molecule has 25 heavy (non-hydrogen) atoms. The minimum Gasteiger partial charge on any atom is -0.476 e. The fraction of sp³-hybridized carbons (Fsp3) is 0.538. The quantitative estimate of drug-likeness (QED) is 0.247. The minimum absolute atomic E-state index is 0.0538. The molecule has 0 aliphatic heterocycles. The second-order valence-electron chi connectivity index (χ2n) is 5.57. The Labute approximate surface area is 147 Å². The molecule has 0 saturated heterocycles. The molecule has 2 amide bonds. The van der Waals surface area contributed by atoms with Gasteiger partial charge in [-0.05, 0) is 20.8 Å². The number of aromatic nitrogens is 2. The number of hydrogen-bond acceptors (Lipinski definition) is 9. The van der Waals surface area contributed by atoms with Crippen molar-refractivity contribution in [1.29, 1.82) is 0 Å². The molecular weight excluding hydrogens is 354 g/mol. The lowest BCUT2D eigenvalue weighted by Crippen LogP contribution is -2.34. The van der Waals surface area contributed by atoms with E-state index in [0.29, 0.717) is 19.2 Å². The van der Waals surface area contributed by atoms with Crippen molar-refractivity contribution < 1.29 is 29.2 Å². The first-order valence-corrected chi connectivity index (χ1v) is 7.92. The summed E-state index contributed by atoms with van der Waals surface area (Å²) in [7, 11) is 0. The van der Waals surface area contributed by atoms with Gasteiger partial charge in [0, 0.05) is 18.0 Å². The maximum absolute atomic E-state index is 11.2. The molecule has 12 heteroatoms. The third-order valence-electron chi connectivity index (χ3n) is 2.30. The Morgan fingerprint density at radius 2 is 2.16 bits per heavy atom. The highest BCUT2D eigenvalue weighted by Crippen LogP contribution is 2.11. The van der Waals surface area contributed by atoms with Gasteiger partial charge in [-0.2, -0.15) is 9.36 Å². The number of aliphatic carboxylic acids is 1. The molecule has 0 spiro atoms. The van der Waals surface area contributed by atoms with Crippen molar-refractivity contribution in [2.45, 2.75) is 32.8 Å². The average Bonchev–Trinajstić information content (AvgIpc) is 2.96. The predicted molar refractivity (Wildman–Crippen MR) is 87.9 cm³/mol. The third-order valence-corrected chi connectivity index (χ3v) is 2.95. The predicted octanol–water partition coefficient (Wildman–Crippen LogP) is 0.490. The summed E-state index contributed by atoms with van der Waals surface area (Å²) in [6, 6.07) is 0. The summed E-state index contributed by atoms with van der Waals surface area (Å²) < 4.78 is 3.78. The van der Waals surface area contributed by atoms with E-state index < -0.39 is 17.3 Å². The van der Waals surface area contributed by atoms with Gasteiger partial charge < -0.3 is 15.3 Å². The van der Waals surface area contributed by atoms with Crippen molar-refractivity contribution in [1.82, 2.24) is 14.4 Å². The average molecular weight is 373 g/mol. The highest BCUT2D eigenvalue weighted by Gasteiger charge is 2.20. The smallest absolute Gasteiger partial charge is 0.362 e. The summed E-state index contributed by atoms with van der Waals surface area (Å²) in [6.07, 6.45) is 1.32. The summed E-state index contributed by atoms with van der Waals surface area (Å²) in [4.78, 5) is 46.5. The molecule has 1 rings (SSSR count). The zero-order valence-corrected chi connectivity index (χ0v) is 14.8. The molecule has 0 fully saturated rings. The summed E-state index contributed by atoms with van der Waals surface area (Å²) in [5, 5.41) is 16.2. The number of oxime groups is 1. The number of nitrogens with one attached hydrogen (secondary N) is 1. The Bertz CT molecular complexity index is 627. The van der Waals surface area contributed by atoms with Gasteiger partial charge in [-0.1, -0.05) is 5.16 Å². The fourth-order valence-electron chi connectivity index (χ4n) is 1.47. The van der Waals surface area contributed by atoms with Crippen LogP contribution in [0.5, 0.6) is 0 Å². The highest BCUT2D eigenvalue weighted by molar-refractivity contribution is 7.10. The number of hydrogen-bond donors (Lipinski definition) is 2. The van der Waals surface area contributed by atoms with E-state index in [1.54, 1.807) is 20.8 Å². The molecule has 11 nitrogen and oxygen atoms in total. The lowest BCUT2D eigenvalue weighted by molar-refractivity contribution is -0.216. The first-order chi connectivity index (χ1) is 11.8. The van der Waals surface area contributed by atoms with Gasteiger partial charge in [0.15, 0.2) is 0 Å². The number of rotatable bonds is 11. The number of carbonyl (C=O) groups is 3. The number of anilines is 1. The maximum atomic E-state index is 11.2. The number of amides is 2. The molecule has 0 unspecified atom stereocenters. The fourth-order valence-corrected chi connectivity index (χ4v) is 2.00. The number of carboxylic acids is 1. The van der Waals surface area contributed by atoms with E-state index in [-0.39, 0.29) is 24.1 Å². The molecule has 1 heterocycles. The van der Waals surface area contributed by atoms with Crippen LogP contribution < -0.4 is 5.32 Å². The second kappa shape index (κ2) is 9.64. The van der Waals surface area contributed by atoms with Gasteiger partial charge in [0.2, 0.25) is 29.5 Å². The molecule has 0 aromatic carbocycles. The second-order valence-corrected chi connectivity index (χ2v) is 6.32. The highest BCUT2D eigenvalue weighted by atomic mass is 32.1. The first kappa shape index (κ1) is 20.4. The van der Waals surface area contributed by atoms with Crippen LogP contribution in [0.1, 0.15) is 33.0 Å². The molecule has 1 aromatic heterocycles. The number of hydroxylamine groups is 2. The van der Waals surface area contributed by atoms with Crippen molar-refractivity contribution in [3.05, 3.63) is 5.82 Å². The van der Waals surface area contributed by atoms with Crippen molar-refractivity contribution in [2.24, 2.45) is 5.16 Å². The Morgan fingerprint density at radius 3 is 2.72 bits per heavy atom. The minimum atomic E-state index is -1.37. The van der Waals surface area contributed by atoms with Gasteiger partial charge in [-0.25, -0.2) is 9.86 Å². The van der Waals surface area contributed by atoms with Crippen LogP contribution in [0, 0.1) is 0 Å². The van der Waals surface area contributed by atoms with Crippen LogP contribution in [0.2, 0.25) is 0 Å². The van der Waals surface area contributed by atoms with E-state index in [0.717, 1.165) is 16.6 Å². The Morgan fingerprint density at radius 1 is 1.44 bits per heavy atom. The molecule has 0 aliphatic rings. The SMILES string of the molecule is CC(C)(C)ON(C=O)CCCON=C(C(=O)O)c1nsc(NC=O)n1. The number of nitrogens with zero attached hydrogens (tertiary/aromatic N) is 4. The Hall–Kier alpha value is -2.60. The molecule has 0 radical (unpaired) electrons. The van der Waals surface area contributed by atoms with Crippen LogP contribution in [-0.4, -0.2) is 62.8 Å². The maximum Gasteiger partial charge on any atom is 0.362 e. The van der Waals surface area contributed by atoms with Crippen molar-refractivity contribution in [3.8, 4) is 0 Å². The van der Waals surface area contributed by atoms with Gasteiger partial charge in [-0.3, -0.25) is 14.4 Å². The monoisotopic (exact) mass is 373 g/mol. The largest absolute Gasteiger partial charge is 0.476 e. The van der Waals surface area contributed by atoms with Crippen molar-refractivity contribution >= 4 is 41.2 Å². The van der Waals surface area contributed by atoms with E-state index >= 15 is 0 Å². The van der Waals surface area contributed by atoms with Gasteiger partial charge in [0.05, 0.1) is 12.1 Å². The standard InChI is InChI=1S/C13H19N5O6S/c1-13(2,3)24-18(8-20)5-4-6-23-16-9(11(21)22)10-15-12(14-7-19)25-17-10/h7-8H,4-6H2,1-3H3,(H,21,22)(H,14,15,17,19). The normalized spacial score (nSPS) is 11.7. The van der Waals surface area contributed by atoms with E-state index in [2.05, 4.69) is 19.8 Å².